The molecule has 2 N–H and O–H groups in total. The monoisotopic (exact) mass is 493 g/mol. The second-order valence-electron chi connectivity index (χ2n) is 6.72. The largest absolute Gasteiger partial charge is 0.477 e. The summed E-state index contributed by atoms with van der Waals surface area (Å²) in [4.78, 5) is 40.5. The Balaban J connectivity index is 1.55. The molecule has 11 heteroatoms. The molecule has 0 aromatic carbocycles. The van der Waals surface area contributed by atoms with Gasteiger partial charge in [0.2, 0.25) is 11.0 Å². The van der Waals surface area contributed by atoms with Crippen molar-refractivity contribution in [3.05, 3.63) is 22.1 Å². The van der Waals surface area contributed by atoms with Gasteiger partial charge < -0.3 is 19.5 Å². The zero-order chi connectivity index (χ0) is 21.3. The van der Waals surface area contributed by atoms with Crippen LogP contribution in [-0.4, -0.2) is 44.3 Å². The molecule has 0 bridgehead atoms. The number of amides is 1. The summed E-state index contributed by atoms with van der Waals surface area (Å²) >= 11 is 4.67. The van der Waals surface area contributed by atoms with Crippen LogP contribution >= 0.6 is 27.7 Å². The van der Waals surface area contributed by atoms with Gasteiger partial charge >= 0.3 is 0 Å². The maximum atomic E-state index is 12.3. The third kappa shape index (κ3) is 4.08. The Hall–Kier alpha value is -2.40. The number of rotatable bonds is 7. The van der Waals surface area contributed by atoms with Crippen LogP contribution in [0.3, 0.4) is 0 Å². The number of hydrogen-bond donors (Lipinski definition) is 2. The first-order chi connectivity index (χ1) is 14.5. The van der Waals surface area contributed by atoms with Crippen molar-refractivity contribution in [3.8, 4) is 5.88 Å². The molecule has 0 saturated heterocycles. The lowest BCUT2D eigenvalue weighted by Gasteiger charge is -2.08. The van der Waals surface area contributed by atoms with E-state index in [0.29, 0.717) is 36.1 Å². The number of aryl methyl sites for hydroxylation is 1. The quantitative estimate of drug-likeness (QED) is 0.477. The predicted octanol–water partition coefficient (Wildman–Crippen LogP) is 3.67. The predicted molar refractivity (Wildman–Crippen MR) is 113 cm³/mol. The SMILES string of the molecule is CCOc1nc(Sc2nc(C(=O)N[C@H]3CCCC3=O)co2)nc2[nH]c(CC)c(Br)c12. The van der Waals surface area contributed by atoms with Crippen molar-refractivity contribution in [2.24, 2.45) is 0 Å². The van der Waals surface area contributed by atoms with E-state index < -0.39 is 11.9 Å². The first-order valence-corrected chi connectivity index (χ1v) is 11.3. The van der Waals surface area contributed by atoms with Gasteiger partial charge in [-0.15, -0.1) is 0 Å². The molecule has 1 aliphatic rings. The molecule has 1 fully saturated rings. The number of halogens is 1. The lowest BCUT2D eigenvalue weighted by molar-refractivity contribution is -0.118. The molecule has 4 rings (SSSR count). The minimum absolute atomic E-state index is 0.0511. The van der Waals surface area contributed by atoms with E-state index in [0.717, 1.165) is 40.2 Å². The van der Waals surface area contributed by atoms with Crippen LogP contribution in [-0.2, 0) is 11.2 Å². The summed E-state index contributed by atoms with van der Waals surface area (Å²) in [7, 11) is 0. The van der Waals surface area contributed by atoms with Crippen LogP contribution in [0.4, 0.5) is 0 Å². The second kappa shape index (κ2) is 8.76. The van der Waals surface area contributed by atoms with E-state index in [1.54, 1.807) is 0 Å². The molecule has 0 radical (unpaired) electrons. The van der Waals surface area contributed by atoms with E-state index >= 15 is 0 Å². The average Bonchev–Trinajstić information content (AvgIpc) is 3.42. The lowest BCUT2D eigenvalue weighted by atomic mass is 10.2. The minimum atomic E-state index is -0.441. The highest BCUT2D eigenvalue weighted by Crippen LogP contribution is 2.36. The van der Waals surface area contributed by atoms with Crippen LogP contribution in [0.25, 0.3) is 11.0 Å². The normalized spacial score (nSPS) is 16.4. The maximum absolute atomic E-state index is 12.3. The average molecular weight is 494 g/mol. The van der Waals surface area contributed by atoms with Gasteiger partial charge in [0.25, 0.3) is 11.1 Å². The van der Waals surface area contributed by atoms with Crippen LogP contribution in [0.5, 0.6) is 5.88 Å². The fourth-order valence-electron chi connectivity index (χ4n) is 3.27. The highest BCUT2D eigenvalue weighted by atomic mass is 79.9. The number of nitrogens with one attached hydrogen (secondary N) is 2. The Morgan fingerprint density at radius 1 is 1.40 bits per heavy atom. The highest BCUT2D eigenvalue weighted by molar-refractivity contribution is 9.10. The van der Waals surface area contributed by atoms with E-state index in [1.807, 2.05) is 13.8 Å². The smallest absolute Gasteiger partial charge is 0.273 e. The van der Waals surface area contributed by atoms with Gasteiger partial charge in [-0.2, -0.15) is 9.97 Å². The number of fused-ring (bicyclic) bond motifs is 1. The summed E-state index contributed by atoms with van der Waals surface area (Å²) in [6.07, 6.45) is 4.01. The van der Waals surface area contributed by atoms with E-state index in [1.165, 1.54) is 6.26 Å². The molecule has 1 saturated carbocycles. The Labute approximate surface area is 184 Å². The molecule has 158 valence electrons. The van der Waals surface area contributed by atoms with Crippen LogP contribution in [0.1, 0.15) is 49.3 Å². The van der Waals surface area contributed by atoms with Crippen molar-refractivity contribution < 1.29 is 18.7 Å². The fourth-order valence-corrected chi connectivity index (χ4v) is 4.67. The third-order valence-corrected chi connectivity index (χ3v) is 6.35. The zero-order valence-electron chi connectivity index (χ0n) is 16.5. The molecule has 9 nitrogen and oxygen atoms in total. The van der Waals surface area contributed by atoms with Gasteiger partial charge in [0.15, 0.2) is 11.5 Å². The molecular weight excluding hydrogens is 474 g/mol. The number of Topliss-reactive ketones (excluding diaryl/α,β-unsaturated/α-hetero) is 1. The molecule has 1 amide bonds. The summed E-state index contributed by atoms with van der Waals surface area (Å²) in [5.74, 6) is 0.0744. The summed E-state index contributed by atoms with van der Waals surface area (Å²) in [5.41, 5.74) is 1.75. The molecule has 0 aliphatic heterocycles. The Kier molecular flexibility index (Phi) is 6.09. The van der Waals surface area contributed by atoms with Gasteiger partial charge in [0.05, 0.1) is 22.5 Å². The van der Waals surface area contributed by atoms with Gasteiger partial charge in [0, 0.05) is 23.9 Å². The molecule has 30 heavy (non-hydrogen) atoms. The standard InChI is InChI=1S/C19H20BrN5O4S/c1-3-9-14(20)13-15(21-9)24-18(25-17(13)28-4-2)30-19-23-11(8-29-19)16(27)22-10-6-5-7-12(10)26/h8,10H,3-7H2,1-2H3,(H,22,27)(H,21,24,25)/t10-/m0/s1. The number of aromatic nitrogens is 4. The second-order valence-corrected chi connectivity index (χ2v) is 8.44. The number of hydrogen-bond acceptors (Lipinski definition) is 8. The highest BCUT2D eigenvalue weighted by Gasteiger charge is 2.27. The molecule has 3 heterocycles. The summed E-state index contributed by atoms with van der Waals surface area (Å²) < 4.78 is 12.0. The number of aromatic amines is 1. The molecule has 0 spiro atoms. The van der Waals surface area contributed by atoms with Gasteiger partial charge in [-0.1, -0.05) is 6.92 Å². The van der Waals surface area contributed by atoms with Gasteiger partial charge in [-0.25, -0.2) is 4.98 Å². The molecule has 0 unspecified atom stereocenters. The topological polar surface area (TPSA) is 123 Å². The fraction of sp³-hybridized carbons (Fsp3) is 0.421. The summed E-state index contributed by atoms with van der Waals surface area (Å²) in [5, 5.41) is 4.09. The number of oxazole rings is 1. The number of ketones is 1. The summed E-state index contributed by atoms with van der Waals surface area (Å²) in [6.45, 7) is 4.38. The van der Waals surface area contributed by atoms with Crippen LogP contribution < -0.4 is 10.1 Å². The Bertz CT molecular complexity index is 1110. The number of carbonyl (C=O) groups excluding carboxylic acids is 2. The van der Waals surface area contributed by atoms with Crippen LogP contribution in [0.2, 0.25) is 0 Å². The first kappa shape index (κ1) is 20.9. The minimum Gasteiger partial charge on any atom is -0.477 e. The number of nitrogens with zero attached hydrogens (tertiary/aromatic N) is 3. The van der Waals surface area contributed by atoms with Crippen molar-refractivity contribution in [2.45, 2.75) is 56.0 Å². The maximum Gasteiger partial charge on any atom is 0.273 e. The molecule has 1 atom stereocenters. The van der Waals surface area contributed by atoms with Crippen molar-refractivity contribution in [2.75, 3.05) is 6.61 Å². The number of ether oxygens (including phenoxy) is 1. The van der Waals surface area contributed by atoms with Crippen LogP contribution in [0.15, 0.2) is 25.5 Å². The summed E-state index contributed by atoms with van der Waals surface area (Å²) in [6, 6.07) is -0.441. The van der Waals surface area contributed by atoms with Gasteiger partial charge in [0.1, 0.15) is 11.9 Å². The Morgan fingerprint density at radius 2 is 2.23 bits per heavy atom. The van der Waals surface area contributed by atoms with E-state index in [-0.39, 0.29) is 16.7 Å². The molecule has 1 aliphatic carbocycles. The first-order valence-electron chi connectivity index (χ1n) is 9.68. The van der Waals surface area contributed by atoms with Gasteiger partial charge in [-0.3, -0.25) is 9.59 Å². The van der Waals surface area contributed by atoms with E-state index in [2.05, 4.69) is 41.2 Å². The Morgan fingerprint density at radius 3 is 2.93 bits per heavy atom. The number of H-pyrrole nitrogens is 1. The molecule has 3 aromatic heterocycles. The number of carbonyl (C=O) groups is 2. The van der Waals surface area contributed by atoms with E-state index in [9.17, 15) is 9.59 Å². The van der Waals surface area contributed by atoms with Crippen molar-refractivity contribution in [3.63, 3.8) is 0 Å². The zero-order valence-corrected chi connectivity index (χ0v) is 18.9. The molecule has 3 aromatic rings. The van der Waals surface area contributed by atoms with Crippen molar-refractivity contribution in [1.82, 2.24) is 25.3 Å². The van der Waals surface area contributed by atoms with Crippen molar-refractivity contribution in [1.29, 1.82) is 0 Å². The van der Waals surface area contributed by atoms with Crippen LogP contribution in [0, 0.1) is 0 Å². The third-order valence-electron chi connectivity index (χ3n) is 4.75. The van der Waals surface area contributed by atoms with Crippen molar-refractivity contribution >= 4 is 50.4 Å². The van der Waals surface area contributed by atoms with Gasteiger partial charge in [-0.05, 0) is 42.1 Å². The van der Waals surface area contributed by atoms with E-state index in [4.69, 9.17) is 9.15 Å². The lowest BCUT2D eigenvalue weighted by Crippen LogP contribution is -2.37. The molecular formula is C19H20BrN5O4S.